The normalized spacial score (nSPS) is 11.9. The number of aryl methyl sites for hydroxylation is 2. The number of nitrogens with one attached hydrogen (secondary N) is 1. The zero-order valence-electron chi connectivity index (χ0n) is 15.9. The molecule has 0 unspecified atom stereocenters. The topological polar surface area (TPSA) is 72.2 Å². The van der Waals surface area contributed by atoms with E-state index in [1.807, 2.05) is 37.3 Å². The zero-order chi connectivity index (χ0) is 19.3. The molecule has 1 heterocycles. The van der Waals surface area contributed by atoms with Crippen LogP contribution in [0.3, 0.4) is 0 Å². The van der Waals surface area contributed by atoms with Gasteiger partial charge in [-0.2, -0.15) is 0 Å². The Bertz CT molecular complexity index is 992. The second-order valence-corrected chi connectivity index (χ2v) is 8.59. The van der Waals surface area contributed by atoms with E-state index >= 15 is 0 Å². The zero-order valence-corrected chi connectivity index (χ0v) is 16.7. The van der Waals surface area contributed by atoms with Crippen molar-refractivity contribution >= 4 is 21.1 Å². The molecule has 0 saturated heterocycles. The summed E-state index contributed by atoms with van der Waals surface area (Å²) in [6.07, 6.45) is 4.89. The Morgan fingerprint density at radius 3 is 2.56 bits per heavy atom. The Balaban J connectivity index is 1.57. The molecule has 0 aliphatic heterocycles. The molecule has 3 aromatic rings. The second-order valence-electron chi connectivity index (χ2n) is 6.83. The summed E-state index contributed by atoms with van der Waals surface area (Å²) in [5.74, 6) is 0.532. The highest BCUT2D eigenvalue weighted by atomic mass is 32.2. The molecule has 144 valence electrons. The van der Waals surface area contributed by atoms with Crippen molar-refractivity contribution in [2.24, 2.45) is 0 Å². The van der Waals surface area contributed by atoms with Crippen molar-refractivity contribution in [2.75, 3.05) is 6.54 Å². The van der Waals surface area contributed by atoms with Gasteiger partial charge in [0, 0.05) is 13.0 Å². The quantitative estimate of drug-likeness (QED) is 0.554. The van der Waals surface area contributed by atoms with Crippen LogP contribution in [0.5, 0.6) is 0 Å². The molecule has 0 radical (unpaired) electrons. The Hall–Kier alpha value is -2.18. The third-order valence-corrected chi connectivity index (χ3v) is 6.00. The van der Waals surface area contributed by atoms with Crippen molar-refractivity contribution in [2.45, 2.75) is 50.8 Å². The largest absolute Gasteiger partial charge is 0.441 e. The number of fused-ring (bicyclic) bond motifs is 1. The highest BCUT2D eigenvalue weighted by Crippen LogP contribution is 2.17. The molecule has 5 nitrogen and oxygen atoms in total. The highest BCUT2D eigenvalue weighted by molar-refractivity contribution is 7.89. The first-order valence-corrected chi connectivity index (χ1v) is 10.9. The van der Waals surface area contributed by atoms with Crippen LogP contribution in [0.4, 0.5) is 0 Å². The first-order chi connectivity index (χ1) is 13.0. The molecule has 6 heteroatoms. The van der Waals surface area contributed by atoms with Gasteiger partial charge in [0.15, 0.2) is 11.5 Å². The number of aromatic nitrogens is 1. The summed E-state index contributed by atoms with van der Waals surface area (Å²) < 4.78 is 33.2. The number of sulfonamides is 1. The van der Waals surface area contributed by atoms with Crippen molar-refractivity contribution in [1.29, 1.82) is 0 Å². The van der Waals surface area contributed by atoms with E-state index in [1.54, 1.807) is 12.1 Å². The lowest BCUT2D eigenvalue weighted by Gasteiger charge is -2.07. The summed E-state index contributed by atoms with van der Waals surface area (Å²) in [5.41, 5.74) is 3.79. The maximum absolute atomic E-state index is 12.4. The first kappa shape index (κ1) is 19.6. The van der Waals surface area contributed by atoms with Gasteiger partial charge in [0.2, 0.25) is 10.0 Å². The van der Waals surface area contributed by atoms with E-state index in [1.165, 1.54) is 18.4 Å². The Morgan fingerprint density at radius 1 is 1.04 bits per heavy atom. The van der Waals surface area contributed by atoms with Gasteiger partial charge in [-0.25, -0.2) is 18.1 Å². The third-order valence-electron chi connectivity index (χ3n) is 4.52. The Labute approximate surface area is 160 Å². The SMILES string of the molecule is CCCCCc1ccc(S(=O)(=O)NCCc2nc3ccc(C)cc3o2)cc1. The fourth-order valence-electron chi connectivity index (χ4n) is 2.98. The second kappa shape index (κ2) is 8.67. The molecule has 0 fully saturated rings. The monoisotopic (exact) mass is 386 g/mol. The van der Waals surface area contributed by atoms with Gasteiger partial charge in [-0.1, -0.05) is 38.0 Å². The van der Waals surface area contributed by atoms with E-state index in [2.05, 4.69) is 16.6 Å². The summed E-state index contributed by atoms with van der Waals surface area (Å²) in [6.45, 7) is 4.40. The fourth-order valence-corrected chi connectivity index (χ4v) is 4.01. The summed E-state index contributed by atoms with van der Waals surface area (Å²) in [4.78, 5) is 4.68. The van der Waals surface area contributed by atoms with E-state index in [9.17, 15) is 8.42 Å². The van der Waals surface area contributed by atoms with Crippen LogP contribution in [-0.4, -0.2) is 19.9 Å². The summed E-state index contributed by atoms with van der Waals surface area (Å²) >= 11 is 0. The molecule has 0 spiro atoms. The molecule has 0 aliphatic carbocycles. The van der Waals surface area contributed by atoms with Gasteiger partial charge in [0.1, 0.15) is 5.52 Å². The molecule has 0 saturated carbocycles. The molecule has 27 heavy (non-hydrogen) atoms. The fraction of sp³-hybridized carbons (Fsp3) is 0.381. The maximum atomic E-state index is 12.4. The minimum Gasteiger partial charge on any atom is -0.441 e. The smallest absolute Gasteiger partial charge is 0.240 e. The van der Waals surface area contributed by atoms with Crippen molar-refractivity contribution in [3.8, 4) is 0 Å². The van der Waals surface area contributed by atoms with Crippen molar-refractivity contribution in [3.63, 3.8) is 0 Å². The predicted molar refractivity (Wildman–Crippen MR) is 107 cm³/mol. The van der Waals surface area contributed by atoms with Gasteiger partial charge >= 0.3 is 0 Å². The number of hydrogen-bond donors (Lipinski definition) is 1. The maximum Gasteiger partial charge on any atom is 0.240 e. The summed E-state index contributed by atoms with van der Waals surface area (Å²) in [6, 6.07) is 12.9. The number of hydrogen-bond acceptors (Lipinski definition) is 4. The van der Waals surface area contributed by atoms with Crippen LogP contribution in [0, 0.1) is 6.92 Å². The van der Waals surface area contributed by atoms with Gasteiger partial charge in [0.05, 0.1) is 4.90 Å². The van der Waals surface area contributed by atoms with Gasteiger partial charge in [-0.3, -0.25) is 0 Å². The van der Waals surface area contributed by atoms with Crippen LogP contribution in [0.2, 0.25) is 0 Å². The van der Waals surface area contributed by atoms with E-state index in [4.69, 9.17) is 4.42 Å². The van der Waals surface area contributed by atoms with Gasteiger partial charge in [-0.15, -0.1) is 0 Å². The van der Waals surface area contributed by atoms with Crippen molar-refractivity contribution in [3.05, 3.63) is 59.5 Å². The third kappa shape index (κ3) is 5.17. The lowest BCUT2D eigenvalue weighted by molar-refractivity contribution is 0.523. The van der Waals surface area contributed by atoms with E-state index in [0.29, 0.717) is 12.3 Å². The van der Waals surface area contributed by atoms with E-state index in [0.717, 1.165) is 29.5 Å². The number of nitrogens with zero attached hydrogens (tertiary/aromatic N) is 1. The molecular weight excluding hydrogens is 360 g/mol. The van der Waals surface area contributed by atoms with Crippen LogP contribution in [0.25, 0.3) is 11.1 Å². The molecule has 1 N–H and O–H groups in total. The summed E-state index contributed by atoms with van der Waals surface area (Å²) in [7, 11) is -3.53. The number of benzene rings is 2. The summed E-state index contributed by atoms with van der Waals surface area (Å²) in [5, 5.41) is 0. The minimum atomic E-state index is -3.53. The van der Waals surface area contributed by atoms with Gasteiger partial charge < -0.3 is 4.42 Å². The number of unbranched alkanes of at least 4 members (excludes halogenated alkanes) is 2. The Kier molecular flexibility index (Phi) is 6.29. The molecular formula is C21H26N2O3S. The molecule has 3 rings (SSSR count). The molecule has 0 aliphatic rings. The average molecular weight is 387 g/mol. The lowest BCUT2D eigenvalue weighted by Crippen LogP contribution is -2.26. The number of rotatable bonds is 9. The van der Waals surface area contributed by atoms with Crippen LogP contribution in [0.15, 0.2) is 51.8 Å². The Morgan fingerprint density at radius 2 is 1.81 bits per heavy atom. The van der Waals surface area contributed by atoms with Crippen LogP contribution >= 0.6 is 0 Å². The molecule has 2 aromatic carbocycles. The molecule has 0 amide bonds. The predicted octanol–water partition coefficient (Wildman–Crippen LogP) is 4.39. The lowest BCUT2D eigenvalue weighted by atomic mass is 10.1. The highest BCUT2D eigenvalue weighted by Gasteiger charge is 2.14. The molecule has 0 atom stereocenters. The average Bonchev–Trinajstić information content (AvgIpc) is 3.04. The van der Waals surface area contributed by atoms with E-state index < -0.39 is 10.0 Å². The van der Waals surface area contributed by atoms with Crippen LogP contribution in [-0.2, 0) is 22.9 Å². The van der Waals surface area contributed by atoms with Crippen molar-refractivity contribution in [1.82, 2.24) is 9.71 Å². The van der Waals surface area contributed by atoms with Gasteiger partial charge in [-0.05, 0) is 55.2 Å². The minimum absolute atomic E-state index is 0.242. The number of oxazole rings is 1. The van der Waals surface area contributed by atoms with Gasteiger partial charge in [0.25, 0.3) is 0 Å². The molecule has 0 bridgehead atoms. The molecule has 1 aromatic heterocycles. The van der Waals surface area contributed by atoms with E-state index in [-0.39, 0.29) is 11.4 Å². The van der Waals surface area contributed by atoms with Crippen molar-refractivity contribution < 1.29 is 12.8 Å². The van der Waals surface area contributed by atoms with Crippen LogP contribution < -0.4 is 4.72 Å². The first-order valence-electron chi connectivity index (χ1n) is 9.42. The standard InChI is InChI=1S/C21H26N2O3S/c1-3-4-5-6-17-8-10-18(11-9-17)27(24,25)22-14-13-21-23-19-12-7-16(2)15-20(19)26-21/h7-12,15,22H,3-6,13-14H2,1-2H3. The van der Waals surface area contributed by atoms with Crippen LogP contribution in [0.1, 0.15) is 43.2 Å².